The maximum absolute atomic E-state index is 13.2. The van der Waals surface area contributed by atoms with Crippen molar-refractivity contribution in [2.24, 2.45) is 5.92 Å². The maximum atomic E-state index is 13.2. The fourth-order valence-corrected chi connectivity index (χ4v) is 7.63. The van der Waals surface area contributed by atoms with Crippen LogP contribution in [-0.2, 0) is 16.1 Å². The van der Waals surface area contributed by atoms with Crippen molar-refractivity contribution in [2.45, 2.75) is 57.2 Å². The lowest BCUT2D eigenvalue weighted by Crippen LogP contribution is -2.52. The van der Waals surface area contributed by atoms with E-state index in [4.69, 9.17) is 0 Å². The number of pyridine rings is 2. The van der Waals surface area contributed by atoms with Gasteiger partial charge in [0.2, 0.25) is 11.8 Å². The molecule has 1 aromatic carbocycles. The molecule has 2 atom stereocenters. The average Bonchev–Trinajstić information content (AvgIpc) is 3.84. The summed E-state index contributed by atoms with van der Waals surface area (Å²) in [5.74, 6) is 7.07. The lowest BCUT2D eigenvalue weighted by Gasteiger charge is -2.30. The topological polar surface area (TPSA) is 144 Å². The monoisotopic (exact) mass is 670 g/mol. The van der Waals surface area contributed by atoms with Gasteiger partial charge >= 0.3 is 0 Å². The van der Waals surface area contributed by atoms with Gasteiger partial charge in [0.05, 0.1) is 11.1 Å². The summed E-state index contributed by atoms with van der Waals surface area (Å²) >= 11 is 0. The third-order valence-electron chi connectivity index (χ3n) is 10.5. The van der Waals surface area contributed by atoms with Crippen molar-refractivity contribution >= 4 is 46.2 Å². The first kappa shape index (κ1) is 31.7. The van der Waals surface area contributed by atoms with Crippen LogP contribution in [0.2, 0.25) is 0 Å². The Morgan fingerprint density at radius 1 is 0.960 bits per heavy atom. The van der Waals surface area contributed by atoms with Gasteiger partial charge < -0.3 is 20.1 Å². The molecule has 3 fully saturated rings. The average molecular weight is 671 g/mol. The number of imide groups is 1. The lowest BCUT2D eigenvalue weighted by atomic mass is 9.96. The first-order chi connectivity index (χ1) is 24.3. The Balaban J connectivity index is 0.864. The van der Waals surface area contributed by atoms with Gasteiger partial charge in [0, 0.05) is 78.7 Å². The van der Waals surface area contributed by atoms with E-state index in [1.54, 1.807) is 29.4 Å². The fraction of sp³-hybridized carbons (Fsp3) is 0.368. The number of hydrogen-bond donors (Lipinski definition) is 3. The van der Waals surface area contributed by atoms with E-state index in [2.05, 4.69) is 60.3 Å². The molecule has 1 unspecified atom stereocenters. The van der Waals surface area contributed by atoms with Crippen LogP contribution in [0.5, 0.6) is 0 Å². The summed E-state index contributed by atoms with van der Waals surface area (Å²) in [6.45, 7) is 2.97. The van der Waals surface area contributed by atoms with Crippen LogP contribution in [0.25, 0.3) is 10.9 Å². The van der Waals surface area contributed by atoms with Gasteiger partial charge in [-0.25, -0.2) is 9.97 Å². The predicted molar refractivity (Wildman–Crippen MR) is 187 cm³/mol. The van der Waals surface area contributed by atoms with Crippen molar-refractivity contribution in [1.82, 2.24) is 30.1 Å². The predicted octanol–water partition coefficient (Wildman–Crippen LogP) is 4.01. The van der Waals surface area contributed by atoms with Crippen molar-refractivity contribution in [3.8, 4) is 11.8 Å². The summed E-state index contributed by atoms with van der Waals surface area (Å²) < 4.78 is 0. The standard InChI is InChI=1S/C38H38N8O4/c1-44-15-3-6-31(44)30-18-26-21-39-33(19-29(26)41-30)42-36(48)25-9-11-34(40-20-25)45-16-13-23(14-17-45)7-8-24-4-2-5-27-28(24)22-46(38(27)50)32-10-12-35(47)43-37(32)49/h2,4-5,9,11,18-21,23,31-32,41H,3,6,10,12-17,22H2,1H3,(H,39,42,48)(H,43,47,49)/t31-,32?/m1/s1. The summed E-state index contributed by atoms with van der Waals surface area (Å²) in [4.78, 5) is 69.0. The number of benzene rings is 1. The van der Waals surface area contributed by atoms with Gasteiger partial charge in [-0.3, -0.25) is 29.4 Å². The molecule has 3 saturated heterocycles. The molecule has 0 bridgehead atoms. The zero-order valence-electron chi connectivity index (χ0n) is 27.9. The van der Waals surface area contributed by atoms with Crippen LogP contribution in [0.1, 0.15) is 82.1 Å². The minimum absolute atomic E-state index is 0.190. The smallest absolute Gasteiger partial charge is 0.258 e. The van der Waals surface area contributed by atoms with E-state index < -0.39 is 11.9 Å². The third kappa shape index (κ3) is 6.09. The van der Waals surface area contributed by atoms with Crippen LogP contribution in [0.15, 0.2) is 54.9 Å². The number of carbonyl (C=O) groups excluding carboxylic acids is 4. The number of amides is 4. The summed E-state index contributed by atoms with van der Waals surface area (Å²) in [7, 11) is 2.15. The number of carbonyl (C=O) groups is 4. The number of hydrogen-bond acceptors (Lipinski definition) is 8. The van der Waals surface area contributed by atoms with E-state index in [0.29, 0.717) is 36.0 Å². The zero-order valence-corrected chi connectivity index (χ0v) is 27.9. The molecule has 50 heavy (non-hydrogen) atoms. The number of aromatic amines is 1. The zero-order chi connectivity index (χ0) is 34.4. The Labute approximate surface area is 289 Å². The molecule has 0 saturated carbocycles. The second-order valence-electron chi connectivity index (χ2n) is 13.6. The Bertz CT molecular complexity index is 2070. The normalized spacial score (nSPS) is 21.3. The molecule has 3 aromatic heterocycles. The molecule has 4 aromatic rings. The van der Waals surface area contributed by atoms with Gasteiger partial charge in [-0.1, -0.05) is 17.9 Å². The summed E-state index contributed by atoms with van der Waals surface area (Å²) in [6, 6.07) is 13.0. The second kappa shape index (κ2) is 13.1. The fourth-order valence-electron chi connectivity index (χ4n) is 7.63. The van der Waals surface area contributed by atoms with Gasteiger partial charge in [-0.2, -0.15) is 0 Å². The van der Waals surface area contributed by atoms with Gasteiger partial charge in [0.25, 0.3) is 11.8 Å². The number of anilines is 2. The van der Waals surface area contributed by atoms with Crippen LogP contribution in [0.3, 0.4) is 0 Å². The molecule has 0 radical (unpaired) electrons. The number of fused-ring (bicyclic) bond motifs is 2. The lowest BCUT2D eigenvalue weighted by molar-refractivity contribution is -0.136. The molecule has 0 aliphatic carbocycles. The Hall–Kier alpha value is -5.54. The summed E-state index contributed by atoms with van der Waals surface area (Å²) in [5, 5.41) is 6.29. The molecule has 3 N–H and O–H groups in total. The summed E-state index contributed by atoms with van der Waals surface area (Å²) in [6.07, 6.45) is 7.99. The van der Waals surface area contributed by atoms with Crippen LogP contribution >= 0.6 is 0 Å². The highest BCUT2D eigenvalue weighted by molar-refractivity contribution is 6.06. The first-order valence-electron chi connectivity index (χ1n) is 17.3. The van der Waals surface area contributed by atoms with Gasteiger partial charge in [-0.15, -0.1) is 0 Å². The number of rotatable bonds is 5. The van der Waals surface area contributed by atoms with Crippen molar-refractivity contribution in [1.29, 1.82) is 0 Å². The number of nitrogens with zero attached hydrogens (tertiary/aromatic N) is 5. The van der Waals surface area contributed by atoms with Crippen molar-refractivity contribution < 1.29 is 19.2 Å². The first-order valence-corrected chi connectivity index (χ1v) is 17.3. The van der Waals surface area contributed by atoms with Crippen molar-refractivity contribution in [3.63, 3.8) is 0 Å². The largest absolute Gasteiger partial charge is 0.357 e. The number of nitrogens with one attached hydrogen (secondary N) is 3. The Morgan fingerprint density at radius 2 is 1.82 bits per heavy atom. The highest BCUT2D eigenvalue weighted by Gasteiger charge is 2.39. The minimum Gasteiger partial charge on any atom is -0.357 e. The van der Waals surface area contributed by atoms with Crippen LogP contribution in [0, 0.1) is 17.8 Å². The van der Waals surface area contributed by atoms with Crippen LogP contribution in [-0.4, -0.2) is 81.1 Å². The number of H-pyrrole nitrogens is 1. The summed E-state index contributed by atoms with van der Waals surface area (Å²) in [5.41, 5.74) is 4.79. The molecule has 7 heterocycles. The minimum atomic E-state index is -0.649. The number of piperidine rings is 2. The van der Waals surface area contributed by atoms with Gasteiger partial charge in [0.1, 0.15) is 17.7 Å². The van der Waals surface area contributed by atoms with Gasteiger partial charge in [-0.05, 0) is 81.6 Å². The number of likely N-dealkylation sites (tertiary alicyclic amines) is 1. The van der Waals surface area contributed by atoms with E-state index in [1.165, 1.54) is 12.1 Å². The SMILES string of the molecule is CN1CCC[C@@H]1c1cc2cnc(NC(=O)c3ccc(N4CCC(C#Cc5cccc6c5CN(C5CCC(=O)NC5=O)C6=O)CC4)nc3)cc2[nH]1. The molecular formula is C38H38N8O4. The third-order valence-corrected chi connectivity index (χ3v) is 10.5. The van der Waals surface area contributed by atoms with E-state index in [9.17, 15) is 19.2 Å². The molecule has 12 heteroatoms. The van der Waals surface area contributed by atoms with Gasteiger partial charge in [0.15, 0.2) is 0 Å². The van der Waals surface area contributed by atoms with Crippen LogP contribution < -0.4 is 15.5 Å². The molecule has 8 rings (SSSR count). The maximum Gasteiger partial charge on any atom is 0.258 e. The molecule has 4 aliphatic heterocycles. The second-order valence-corrected chi connectivity index (χ2v) is 13.6. The van der Waals surface area contributed by atoms with E-state index >= 15 is 0 Å². The molecular weight excluding hydrogens is 632 g/mol. The Morgan fingerprint density at radius 3 is 2.58 bits per heavy atom. The highest BCUT2D eigenvalue weighted by atomic mass is 16.2. The Kier molecular flexibility index (Phi) is 8.28. The molecule has 254 valence electrons. The molecule has 4 amide bonds. The van der Waals surface area contributed by atoms with E-state index in [0.717, 1.165) is 66.7 Å². The van der Waals surface area contributed by atoms with Crippen LogP contribution in [0.4, 0.5) is 11.6 Å². The van der Waals surface area contributed by atoms with E-state index in [-0.39, 0.29) is 30.1 Å². The van der Waals surface area contributed by atoms with Crippen molar-refractivity contribution in [3.05, 3.63) is 82.8 Å². The quantitative estimate of drug-likeness (QED) is 0.214. The number of aromatic nitrogens is 3. The van der Waals surface area contributed by atoms with E-state index in [1.807, 2.05) is 24.3 Å². The van der Waals surface area contributed by atoms with Crippen molar-refractivity contribution in [2.75, 3.05) is 36.9 Å². The molecule has 0 spiro atoms. The highest BCUT2D eigenvalue weighted by Crippen LogP contribution is 2.33. The molecule has 12 nitrogen and oxygen atoms in total. The molecule has 4 aliphatic rings.